The SMILES string of the molecule is N#Cc1cc(Br)ccc1NC[C@H](O)CO. The van der Waals surface area contributed by atoms with Gasteiger partial charge in [-0.2, -0.15) is 5.26 Å². The van der Waals surface area contributed by atoms with Crippen LogP contribution in [0.4, 0.5) is 5.69 Å². The van der Waals surface area contributed by atoms with E-state index in [-0.39, 0.29) is 13.2 Å². The Kier molecular flexibility index (Phi) is 4.56. The fourth-order valence-corrected chi connectivity index (χ4v) is 1.42. The Morgan fingerprint density at radius 3 is 2.87 bits per heavy atom. The Morgan fingerprint density at radius 2 is 2.27 bits per heavy atom. The highest BCUT2D eigenvalue weighted by molar-refractivity contribution is 9.10. The van der Waals surface area contributed by atoms with Crippen LogP contribution in [0.3, 0.4) is 0 Å². The van der Waals surface area contributed by atoms with Gasteiger partial charge in [0, 0.05) is 11.0 Å². The van der Waals surface area contributed by atoms with E-state index in [1.165, 1.54) is 0 Å². The van der Waals surface area contributed by atoms with E-state index in [0.29, 0.717) is 11.3 Å². The molecule has 0 heterocycles. The number of anilines is 1. The van der Waals surface area contributed by atoms with Crippen molar-refractivity contribution in [2.24, 2.45) is 0 Å². The third-order valence-electron chi connectivity index (χ3n) is 1.84. The molecule has 1 aromatic rings. The molecule has 4 nitrogen and oxygen atoms in total. The summed E-state index contributed by atoms with van der Waals surface area (Å²) < 4.78 is 0.826. The number of aliphatic hydroxyl groups is 2. The maximum absolute atomic E-state index is 9.13. The molecule has 0 saturated carbocycles. The van der Waals surface area contributed by atoms with Gasteiger partial charge in [-0.25, -0.2) is 0 Å². The average Bonchev–Trinajstić information content (AvgIpc) is 2.26. The van der Waals surface area contributed by atoms with Crippen molar-refractivity contribution in [2.75, 3.05) is 18.5 Å². The first-order valence-corrected chi connectivity index (χ1v) is 5.19. The summed E-state index contributed by atoms with van der Waals surface area (Å²) in [6.07, 6.45) is -0.819. The lowest BCUT2D eigenvalue weighted by molar-refractivity contribution is 0.105. The van der Waals surface area contributed by atoms with Crippen LogP contribution >= 0.6 is 15.9 Å². The topological polar surface area (TPSA) is 76.3 Å². The molecule has 0 amide bonds. The number of nitrogens with one attached hydrogen (secondary N) is 1. The summed E-state index contributed by atoms with van der Waals surface area (Å²) in [5, 5.41) is 29.5. The second-order valence-corrected chi connectivity index (χ2v) is 3.93. The largest absolute Gasteiger partial charge is 0.394 e. The van der Waals surface area contributed by atoms with Crippen LogP contribution in [-0.2, 0) is 0 Å². The molecule has 1 aromatic carbocycles. The normalized spacial score (nSPS) is 11.9. The van der Waals surface area contributed by atoms with Crippen LogP contribution in [0, 0.1) is 11.3 Å². The Labute approximate surface area is 96.3 Å². The van der Waals surface area contributed by atoms with Crippen molar-refractivity contribution in [3.63, 3.8) is 0 Å². The quantitative estimate of drug-likeness (QED) is 0.766. The summed E-state index contributed by atoms with van der Waals surface area (Å²) in [7, 11) is 0. The molecule has 1 rings (SSSR count). The molecular weight excluding hydrogens is 260 g/mol. The molecule has 0 aliphatic heterocycles. The van der Waals surface area contributed by atoms with Crippen LogP contribution < -0.4 is 5.32 Å². The van der Waals surface area contributed by atoms with E-state index in [4.69, 9.17) is 15.5 Å². The molecule has 80 valence electrons. The molecule has 0 unspecified atom stereocenters. The molecule has 15 heavy (non-hydrogen) atoms. The number of hydrogen-bond donors (Lipinski definition) is 3. The smallest absolute Gasteiger partial charge is 0.101 e. The van der Waals surface area contributed by atoms with Crippen LogP contribution in [0.2, 0.25) is 0 Å². The Bertz CT molecular complexity index is 376. The van der Waals surface area contributed by atoms with Gasteiger partial charge in [0.25, 0.3) is 0 Å². The third kappa shape index (κ3) is 3.51. The van der Waals surface area contributed by atoms with Crippen molar-refractivity contribution >= 4 is 21.6 Å². The van der Waals surface area contributed by atoms with Gasteiger partial charge in [0.1, 0.15) is 6.07 Å². The van der Waals surface area contributed by atoms with Gasteiger partial charge in [-0.3, -0.25) is 0 Å². The summed E-state index contributed by atoms with van der Waals surface area (Å²) in [6, 6.07) is 7.27. The standard InChI is InChI=1S/C10H11BrN2O2/c11-8-1-2-10(7(3-8)4-12)13-5-9(15)6-14/h1-3,9,13-15H,5-6H2/t9-/m0/s1. The third-order valence-corrected chi connectivity index (χ3v) is 2.33. The fourth-order valence-electron chi connectivity index (χ4n) is 1.06. The molecule has 0 saturated heterocycles. The van der Waals surface area contributed by atoms with E-state index in [0.717, 1.165) is 4.47 Å². The summed E-state index contributed by atoms with van der Waals surface area (Å²) in [5.41, 5.74) is 1.14. The lowest BCUT2D eigenvalue weighted by Gasteiger charge is -2.11. The first-order chi connectivity index (χ1) is 7.17. The zero-order valence-electron chi connectivity index (χ0n) is 7.94. The van der Waals surface area contributed by atoms with Gasteiger partial charge in [0.05, 0.1) is 24.0 Å². The molecule has 0 aliphatic rings. The summed E-state index contributed by atoms with van der Waals surface area (Å²) in [4.78, 5) is 0. The predicted molar refractivity (Wildman–Crippen MR) is 60.4 cm³/mol. The summed E-state index contributed by atoms with van der Waals surface area (Å²) in [6.45, 7) is -0.0851. The minimum Gasteiger partial charge on any atom is -0.394 e. The average molecular weight is 271 g/mol. The van der Waals surface area contributed by atoms with Crippen molar-refractivity contribution in [1.82, 2.24) is 0 Å². The van der Waals surface area contributed by atoms with E-state index in [1.54, 1.807) is 18.2 Å². The first kappa shape index (κ1) is 12.0. The zero-order chi connectivity index (χ0) is 11.3. The van der Waals surface area contributed by atoms with E-state index < -0.39 is 6.10 Å². The van der Waals surface area contributed by atoms with Crippen molar-refractivity contribution in [1.29, 1.82) is 5.26 Å². The number of aliphatic hydroxyl groups excluding tert-OH is 2. The van der Waals surface area contributed by atoms with Gasteiger partial charge in [-0.15, -0.1) is 0 Å². The highest BCUT2D eigenvalue weighted by Crippen LogP contribution is 2.20. The lowest BCUT2D eigenvalue weighted by Crippen LogP contribution is -2.23. The minimum absolute atomic E-state index is 0.215. The Morgan fingerprint density at radius 1 is 1.53 bits per heavy atom. The number of nitriles is 1. The molecule has 0 bridgehead atoms. The van der Waals surface area contributed by atoms with Crippen molar-refractivity contribution in [3.8, 4) is 6.07 Å². The Balaban J connectivity index is 2.73. The molecule has 0 radical (unpaired) electrons. The molecule has 5 heteroatoms. The number of halogens is 1. The van der Waals surface area contributed by atoms with E-state index >= 15 is 0 Å². The highest BCUT2D eigenvalue weighted by atomic mass is 79.9. The van der Waals surface area contributed by atoms with Crippen molar-refractivity contribution < 1.29 is 10.2 Å². The number of rotatable bonds is 4. The van der Waals surface area contributed by atoms with Gasteiger partial charge in [-0.05, 0) is 18.2 Å². The van der Waals surface area contributed by atoms with Gasteiger partial charge in [0.15, 0.2) is 0 Å². The van der Waals surface area contributed by atoms with Gasteiger partial charge in [-0.1, -0.05) is 15.9 Å². The van der Waals surface area contributed by atoms with E-state index in [2.05, 4.69) is 21.2 Å². The van der Waals surface area contributed by atoms with Crippen LogP contribution in [0.25, 0.3) is 0 Å². The van der Waals surface area contributed by atoms with Gasteiger partial charge >= 0.3 is 0 Å². The number of benzene rings is 1. The molecule has 0 spiro atoms. The number of hydrogen-bond acceptors (Lipinski definition) is 4. The zero-order valence-corrected chi connectivity index (χ0v) is 9.53. The van der Waals surface area contributed by atoms with Crippen LogP contribution in [-0.4, -0.2) is 29.5 Å². The van der Waals surface area contributed by atoms with Crippen LogP contribution in [0.15, 0.2) is 22.7 Å². The maximum Gasteiger partial charge on any atom is 0.101 e. The minimum atomic E-state index is -0.819. The predicted octanol–water partition coefficient (Wildman–Crippen LogP) is 1.09. The summed E-state index contributed by atoms with van der Waals surface area (Å²) in [5.74, 6) is 0. The van der Waals surface area contributed by atoms with Crippen molar-refractivity contribution in [2.45, 2.75) is 6.10 Å². The maximum atomic E-state index is 9.13. The molecule has 0 fully saturated rings. The fraction of sp³-hybridized carbons (Fsp3) is 0.300. The molecular formula is C10H11BrN2O2. The lowest BCUT2D eigenvalue weighted by atomic mass is 10.2. The highest BCUT2D eigenvalue weighted by Gasteiger charge is 2.05. The monoisotopic (exact) mass is 270 g/mol. The summed E-state index contributed by atoms with van der Waals surface area (Å²) >= 11 is 3.26. The number of nitrogens with zero attached hydrogens (tertiary/aromatic N) is 1. The van der Waals surface area contributed by atoms with Gasteiger partial charge < -0.3 is 15.5 Å². The molecule has 3 N–H and O–H groups in total. The second-order valence-electron chi connectivity index (χ2n) is 3.02. The van der Waals surface area contributed by atoms with Crippen molar-refractivity contribution in [3.05, 3.63) is 28.2 Å². The Hall–Kier alpha value is -1.09. The van der Waals surface area contributed by atoms with Crippen LogP contribution in [0.1, 0.15) is 5.56 Å². The molecule has 0 aromatic heterocycles. The van der Waals surface area contributed by atoms with E-state index in [1.807, 2.05) is 6.07 Å². The molecule has 0 aliphatic carbocycles. The second kappa shape index (κ2) is 5.71. The van der Waals surface area contributed by atoms with Gasteiger partial charge in [0.2, 0.25) is 0 Å². The van der Waals surface area contributed by atoms with E-state index in [9.17, 15) is 0 Å². The molecule has 1 atom stereocenters. The first-order valence-electron chi connectivity index (χ1n) is 4.40. The van der Waals surface area contributed by atoms with Crippen LogP contribution in [0.5, 0.6) is 0 Å².